The maximum atomic E-state index is 6.09. The average Bonchev–Trinajstić information content (AvgIpc) is 2.47. The summed E-state index contributed by atoms with van der Waals surface area (Å²) < 4.78 is 5.83. The monoisotopic (exact) mass is 311 g/mol. The van der Waals surface area contributed by atoms with E-state index < -0.39 is 0 Å². The lowest BCUT2D eigenvalue weighted by molar-refractivity contribution is 0.236. The number of piperazine rings is 1. The lowest BCUT2D eigenvalue weighted by atomic mass is 10.2. The van der Waals surface area contributed by atoms with Crippen LogP contribution in [0.15, 0.2) is 18.2 Å². The van der Waals surface area contributed by atoms with E-state index in [1.165, 1.54) is 0 Å². The zero-order valence-electron chi connectivity index (χ0n) is 13.0. The van der Waals surface area contributed by atoms with Crippen molar-refractivity contribution in [1.29, 1.82) is 0 Å². The van der Waals surface area contributed by atoms with Gasteiger partial charge < -0.3 is 15.4 Å². The van der Waals surface area contributed by atoms with Crippen LogP contribution in [0.4, 0.5) is 0 Å². The standard InChI is InChI=1S/C16H26ClN3O/c1-13(2)21-16-4-3-15(17)11-14(16)12-19-7-10-20-8-5-18-6-9-20/h3-4,11,13,18-19H,5-10,12H2,1-2H3. The van der Waals surface area contributed by atoms with Crippen LogP contribution >= 0.6 is 11.6 Å². The van der Waals surface area contributed by atoms with Gasteiger partial charge in [-0.3, -0.25) is 4.90 Å². The highest BCUT2D eigenvalue weighted by Crippen LogP contribution is 2.23. The summed E-state index contributed by atoms with van der Waals surface area (Å²) >= 11 is 6.09. The van der Waals surface area contributed by atoms with Crippen LogP contribution in [0, 0.1) is 0 Å². The van der Waals surface area contributed by atoms with E-state index in [4.69, 9.17) is 16.3 Å². The maximum Gasteiger partial charge on any atom is 0.124 e. The fourth-order valence-electron chi connectivity index (χ4n) is 2.45. The van der Waals surface area contributed by atoms with Gasteiger partial charge in [-0.1, -0.05) is 11.6 Å². The minimum atomic E-state index is 0.172. The molecule has 0 atom stereocenters. The number of nitrogens with zero attached hydrogens (tertiary/aromatic N) is 1. The van der Waals surface area contributed by atoms with Crippen LogP contribution in [0.5, 0.6) is 5.75 Å². The fourth-order valence-corrected chi connectivity index (χ4v) is 2.64. The first kappa shape index (κ1) is 16.6. The van der Waals surface area contributed by atoms with Crippen molar-refractivity contribution in [2.24, 2.45) is 0 Å². The van der Waals surface area contributed by atoms with Crippen LogP contribution in [-0.4, -0.2) is 50.3 Å². The zero-order chi connectivity index (χ0) is 15.1. The summed E-state index contributed by atoms with van der Waals surface area (Å²) in [6, 6.07) is 5.82. The van der Waals surface area contributed by atoms with Crippen molar-refractivity contribution in [2.45, 2.75) is 26.5 Å². The Balaban J connectivity index is 1.79. The van der Waals surface area contributed by atoms with Gasteiger partial charge in [0.1, 0.15) is 5.75 Å². The molecular weight excluding hydrogens is 286 g/mol. The van der Waals surface area contributed by atoms with Gasteiger partial charge in [0.15, 0.2) is 0 Å². The largest absolute Gasteiger partial charge is 0.491 e. The van der Waals surface area contributed by atoms with Gasteiger partial charge in [-0.05, 0) is 32.0 Å². The van der Waals surface area contributed by atoms with Crippen molar-refractivity contribution >= 4 is 11.6 Å². The molecule has 118 valence electrons. The Kier molecular flexibility index (Phi) is 6.77. The summed E-state index contributed by atoms with van der Waals surface area (Å²) in [5.41, 5.74) is 1.12. The molecule has 21 heavy (non-hydrogen) atoms. The first-order chi connectivity index (χ1) is 10.1. The van der Waals surface area contributed by atoms with Crippen molar-refractivity contribution < 1.29 is 4.74 Å². The molecule has 0 spiro atoms. The fraction of sp³-hybridized carbons (Fsp3) is 0.625. The molecule has 1 aromatic rings. The van der Waals surface area contributed by atoms with E-state index in [0.717, 1.165) is 62.1 Å². The van der Waals surface area contributed by atoms with E-state index in [1.807, 2.05) is 32.0 Å². The van der Waals surface area contributed by atoms with E-state index in [9.17, 15) is 0 Å². The molecule has 1 aromatic carbocycles. The number of nitrogens with one attached hydrogen (secondary N) is 2. The summed E-state index contributed by atoms with van der Waals surface area (Å²) in [7, 11) is 0. The third-order valence-corrected chi connectivity index (χ3v) is 3.75. The van der Waals surface area contributed by atoms with Crippen molar-refractivity contribution in [1.82, 2.24) is 15.5 Å². The molecule has 2 N–H and O–H groups in total. The molecule has 0 aromatic heterocycles. The van der Waals surface area contributed by atoms with E-state index in [1.54, 1.807) is 0 Å². The summed E-state index contributed by atoms with van der Waals surface area (Å²) in [6.45, 7) is 11.4. The second kappa shape index (κ2) is 8.59. The predicted octanol–water partition coefficient (Wildman–Crippen LogP) is 2.12. The summed E-state index contributed by atoms with van der Waals surface area (Å²) in [5, 5.41) is 7.61. The Hall–Kier alpha value is -0.810. The topological polar surface area (TPSA) is 36.5 Å². The highest BCUT2D eigenvalue weighted by molar-refractivity contribution is 6.30. The molecule has 0 radical (unpaired) electrons. The zero-order valence-corrected chi connectivity index (χ0v) is 13.7. The molecule has 5 heteroatoms. The number of hydrogen-bond donors (Lipinski definition) is 2. The molecule has 1 aliphatic heterocycles. The Labute approximate surface area is 132 Å². The number of rotatable bonds is 7. The quantitative estimate of drug-likeness (QED) is 0.756. The highest BCUT2D eigenvalue weighted by Gasteiger charge is 2.09. The Morgan fingerprint density at radius 3 is 2.81 bits per heavy atom. The van der Waals surface area contributed by atoms with Gasteiger partial charge in [-0.2, -0.15) is 0 Å². The minimum absolute atomic E-state index is 0.172. The molecule has 4 nitrogen and oxygen atoms in total. The smallest absolute Gasteiger partial charge is 0.124 e. The van der Waals surface area contributed by atoms with Gasteiger partial charge in [0.2, 0.25) is 0 Å². The van der Waals surface area contributed by atoms with Crippen LogP contribution in [0.2, 0.25) is 5.02 Å². The van der Waals surface area contributed by atoms with Gasteiger partial charge in [-0.15, -0.1) is 0 Å². The lowest BCUT2D eigenvalue weighted by Gasteiger charge is -2.27. The summed E-state index contributed by atoms with van der Waals surface area (Å²) in [5.74, 6) is 0.920. The van der Waals surface area contributed by atoms with E-state index in [2.05, 4.69) is 15.5 Å². The van der Waals surface area contributed by atoms with E-state index in [-0.39, 0.29) is 6.10 Å². The first-order valence-electron chi connectivity index (χ1n) is 7.74. The number of benzene rings is 1. The van der Waals surface area contributed by atoms with Crippen molar-refractivity contribution in [3.8, 4) is 5.75 Å². The van der Waals surface area contributed by atoms with Crippen LogP contribution in [-0.2, 0) is 6.54 Å². The van der Waals surface area contributed by atoms with E-state index >= 15 is 0 Å². The van der Waals surface area contributed by atoms with Gasteiger partial charge in [-0.25, -0.2) is 0 Å². The second-order valence-corrected chi connectivity index (χ2v) is 6.12. The summed E-state index contributed by atoms with van der Waals surface area (Å²) in [4.78, 5) is 2.48. The normalized spacial score (nSPS) is 16.4. The molecule has 1 aliphatic rings. The minimum Gasteiger partial charge on any atom is -0.491 e. The Bertz CT molecular complexity index is 434. The predicted molar refractivity (Wildman–Crippen MR) is 88.2 cm³/mol. The van der Waals surface area contributed by atoms with Gasteiger partial charge in [0.05, 0.1) is 6.10 Å². The van der Waals surface area contributed by atoms with Crippen LogP contribution in [0.1, 0.15) is 19.4 Å². The molecule has 0 unspecified atom stereocenters. The van der Waals surface area contributed by atoms with Crippen molar-refractivity contribution in [3.05, 3.63) is 28.8 Å². The number of ether oxygens (including phenoxy) is 1. The molecule has 1 fully saturated rings. The molecular formula is C16H26ClN3O. The van der Waals surface area contributed by atoms with Crippen LogP contribution in [0.3, 0.4) is 0 Å². The third-order valence-electron chi connectivity index (χ3n) is 3.52. The molecule has 1 saturated heterocycles. The van der Waals surface area contributed by atoms with Crippen LogP contribution in [0.25, 0.3) is 0 Å². The number of hydrogen-bond acceptors (Lipinski definition) is 4. The molecule has 2 rings (SSSR count). The SMILES string of the molecule is CC(C)Oc1ccc(Cl)cc1CNCCN1CCNCC1. The third kappa shape index (κ3) is 5.83. The first-order valence-corrected chi connectivity index (χ1v) is 8.12. The highest BCUT2D eigenvalue weighted by atomic mass is 35.5. The van der Waals surface area contributed by atoms with Crippen LogP contribution < -0.4 is 15.4 Å². The van der Waals surface area contributed by atoms with Crippen molar-refractivity contribution in [2.75, 3.05) is 39.3 Å². The van der Waals surface area contributed by atoms with Gasteiger partial charge in [0, 0.05) is 56.4 Å². The Morgan fingerprint density at radius 1 is 1.33 bits per heavy atom. The van der Waals surface area contributed by atoms with Crippen molar-refractivity contribution in [3.63, 3.8) is 0 Å². The molecule has 0 bridgehead atoms. The maximum absolute atomic E-state index is 6.09. The Morgan fingerprint density at radius 2 is 2.10 bits per heavy atom. The number of halogens is 1. The molecule has 0 amide bonds. The molecule has 1 heterocycles. The van der Waals surface area contributed by atoms with Gasteiger partial charge in [0.25, 0.3) is 0 Å². The van der Waals surface area contributed by atoms with E-state index in [0.29, 0.717) is 0 Å². The molecule has 0 saturated carbocycles. The lowest BCUT2D eigenvalue weighted by Crippen LogP contribution is -2.45. The summed E-state index contributed by atoms with van der Waals surface area (Å²) in [6.07, 6.45) is 0.172. The van der Waals surface area contributed by atoms with Gasteiger partial charge >= 0.3 is 0 Å². The second-order valence-electron chi connectivity index (χ2n) is 5.69. The average molecular weight is 312 g/mol. The molecule has 0 aliphatic carbocycles.